The fourth-order valence-corrected chi connectivity index (χ4v) is 1.66. The standard InChI is InChI=1S/C11H20N2O3/c1-3-4-9(10(14)15)13-11(16)12-6-8-5-7(8)2/h7-9H,3-6H2,1-2H3,(H,14,15)(H2,12,13,16). The summed E-state index contributed by atoms with van der Waals surface area (Å²) in [5.74, 6) is 0.281. The third-order valence-electron chi connectivity index (χ3n) is 2.98. The van der Waals surface area contributed by atoms with Gasteiger partial charge in [-0.05, 0) is 24.7 Å². The summed E-state index contributed by atoms with van der Waals surface area (Å²) in [4.78, 5) is 22.2. The van der Waals surface area contributed by atoms with Gasteiger partial charge in [-0.15, -0.1) is 0 Å². The van der Waals surface area contributed by atoms with Gasteiger partial charge in [0, 0.05) is 6.54 Å². The van der Waals surface area contributed by atoms with Gasteiger partial charge < -0.3 is 15.7 Å². The van der Waals surface area contributed by atoms with E-state index in [-0.39, 0.29) is 6.03 Å². The maximum absolute atomic E-state index is 11.4. The lowest BCUT2D eigenvalue weighted by molar-refractivity contribution is -0.139. The van der Waals surface area contributed by atoms with Crippen LogP contribution in [-0.2, 0) is 4.79 Å². The molecule has 1 aliphatic carbocycles. The minimum Gasteiger partial charge on any atom is -0.480 e. The van der Waals surface area contributed by atoms with Gasteiger partial charge >= 0.3 is 12.0 Å². The Balaban J connectivity index is 2.22. The second kappa shape index (κ2) is 5.72. The Kier molecular flexibility index (Phi) is 4.58. The lowest BCUT2D eigenvalue weighted by Crippen LogP contribution is -2.46. The second-order valence-electron chi connectivity index (χ2n) is 4.51. The van der Waals surface area contributed by atoms with Crippen molar-refractivity contribution < 1.29 is 14.7 Å². The zero-order valence-corrected chi connectivity index (χ0v) is 9.82. The molecule has 0 radical (unpaired) electrons. The van der Waals surface area contributed by atoms with E-state index in [2.05, 4.69) is 17.6 Å². The van der Waals surface area contributed by atoms with Crippen molar-refractivity contribution in [2.75, 3.05) is 6.54 Å². The lowest BCUT2D eigenvalue weighted by atomic mass is 10.2. The number of hydrogen-bond donors (Lipinski definition) is 3. The Morgan fingerprint density at radius 1 is 1.50 bits per heavy atom. The van der Waals surface area contributed by atoms with Gasteiger partial charge in [-0.25, -0.2) is 9.59 Å². The third kappa shape index (κ3) is 4.08. The van der Waals surface area contributed by atoms with Gasteiger partial charge in [-0.1, -0.05) is 20.3 Å². The highest BCUT2D eigenvalue weighted by atomic mass is 16.4. The molecular weight excluding hydrogens is 208 g/mol. The minimum absolute atomic E-state index is 0.375. The Labute approximate surface area is 95.6 Å². The van der Waals surface area contributed by atoms with E-state index in [1.165, 1.54) is 0 Å². The number of amides is 2. The van der Waals surface area contributed by atoms with Crippen molar-refractivity contribution in [1.29, 1.82) is 0 Å². The number of aliphatic carboxylic acids is 1. The Bertz CT molecular complexity index is 268. The number of rotatable bonds is 6. The van der Waals surface area contributed by atoms with Crippen LogP contribution in [0.3, 0.4) is 0 Å². The molecule has 3 atom stereocenters. The number of carbonyl (C=O) groups excluding carboxylic acids is 1. The summed E-state index contributed by atoms with van der Waals surface area (Å²) in [6, 6.07) is -1.15. The molecule has 0 aromatic carbocycles. The average molecular weight is 228 g/mol. The smallest absolute Gasteiger partial charge is 0.326 e. The van der Waals surface area contributed by atoms with Gasteiger partial charge in [0.2, 0.25) is 0 Å². The maximum atomic E-state index is 11.4. The zero-order chi connectivity index (χ0) is 12.1. The molecule has 0 aliphatic heterocycles. The number of carbonyl (C=O) groups is 2. The van der Waals surface area contributed by atoms with Crippen LogP contribution < -0.4 is 10.6 Å². The molecular formula is C11H20N2O3. The van der Waals surface area contributed by atoms with Gasteiger partial charge in [0.15, 0.2) is 0 Å². The summed E-state index contributed by atoms with van der Waals surface area (Å²) in [5.41, 5.74) is 0. The van der Waals surface area contributed by atoms with E-state index in [1.54, 1.807) is 0 Å². The van der Waals surface area contributed by atoms with Crippen molar-refractivity contribution in [1.82, 2.24) is 10.6 Å². The van der Waals surface area contributed by atoms with Crippen molar-refractivity contribution in [2.45, 2.75) is 39.2 Å². The number of urea groups is 1. The van der Waals surface area contributed by atoms with Crippen LogP contribution in [0.15, 0.2) is 0 Å². The summed E-state index contributed by atoms with van der Waals surface area (Å²) >= 11 is 0. The van der Waals surface area contributed by atoms with E-state index in [4.69, 9.17) is 5.11 Å². The van der Waals surface area contributed by atoms with Crippen LogP contribution in [0.5, 0.6) is 0 Å². The summed E-state index contributed by atoms with van der Waals surface area (Å²) in [5, 5.41) is 14.0. The molecule has 5 heteroatoms. The highest BCUT2D eigenvalue weighted by molar-refractivity contribution is 5.82. The molecule has 1 fully saturated rings. The van der Waals surface area contributed by atoms with E-state index in [0.29, 0.717) is 24.8 Å². The summed E-state index contributed by atoms with van der Waals surface area (Å²) in [6.45, 7) is 4.67. The first-order valence-corrected chi connectivity index (χ1v) is 5.81. The number of carboxylic acid groups (broad SMARTS) is 1. The molecule has 0 heterocycles. The molecule has 0 aromatic rings. The van der Waals surface area contributed by atoms with E-state index in [1.807, 2.05) is 6.92 Å². The maximum Gasteiger partial charge on any atom is 0.326 e. The fraction of sp³-hybridized carbons (Fsp3) is 0.818. The summed E-state index contributed by atoms with van der Waals surface area (Å²) in [7, 11) is 0. The quantitative estimate of drug-likeness (QED) is 0.639. The molecule has 1 saturated carbocycles. The van der Waals surface area contributed by atoms with Crippen molar-refractivity contribution in [2.24, 2.45) is 11.8 Å². The van der Waals surface area contributed by atoms with Crippen LogP contribution in [0.4, 0.5) is 4.79 Å². The third-order valence-corrected chi connectivity index (χ3v) is 2.98. The normalized spacial score (nSPS) is 24.6. The first-order valence-electron chi connectivity index (χ1n) is 5.81. The molecule has 92 valence electrons. The molecule has 2 amide bonds. The molecule has 0 spiro atoms. The van der Waals surface area contributed by atoms with Crippen LogP contribution in [0.25, 0.3) is 0 Å². The molecule has 1 rings (SSSR count). The highest BCUT2D eigenvalue weighted by Gasteiger charge is 2.32. The largest absolute Gasteiger partial charge is 0.480 e. The fourth-order valence-electron chi connectivity index (χ4n) is 1.66. The van der Waals surface area contributed by atoms with Crippen LogP contribution in [0.2, 0.25) is 0 Å². The summed E-state index contributed by atoms with van der Waals surface area (Å²) < 4.78 is 0. The predicted molar refractivity (Wildman–Crippen MR) is 60.1 cm³/mol. The monoisotopic (exact) mass is 228 g/mol. The molecule has 5 nitrogen and oxygen atoms in total. The van der Waals surface area contributed by atoms with Crippen molar-refractivity contribution in [3.8, 4) is 0 Å². The Morgan fingerprint density at radius 2 is 2.12 bits per heavy atom. The molecule has 0 saturated heterocycles. The summed E-state index contributed by atoms with van der Waals surface area (Å²) in [6.07, 6.45) is 2.34. The van der Waals surface area contributed by atoms with Crippen molar-refractivity contribution in [3.63, 3.8) is 0 Å². The van der Waals surface area contributed by atoms with Crippen LogP contribution in [0.1, 0.15) is 33.1 Å². The van der Waals surface area contributed by atoms with Crippen LogP contribution in [0, 0.1) is 11.8 Å². The topological polar surface area (TPSA) is 78.4 Å². The van der Waals surface area contributed by atoms with E-state index < -0.39 is 12.0 Å². The van der Waals surface area contributed by atoms with Gasteiger partial charge in [0.1, 0.15) is 6.04 Å². The van der Waals surface area contributed by atoms with Crippen LogP contribution in [-0.4, -0.2) is 29.7 Å². The minimum atomic E-state index is -0.975. The van der Waals surface area contributed by atoms with E-state index in [0.717, 1.165) is 12.8 Å². The first kappa shape index (κ1) is 12.8. The molecule has 3 N–H and O–H groups in total. The molecule has 1 aliphatic rings. The van der Waals surface area contributed by atoms with Gasteiger partial charge in [0.05, 0.1) is 0 Å². The number of hydrogen-bond acceptors (Lipinski definition) is 2. The van der Waals surface area contributed by atoms with Crippen LogP contribution >= 0.6 is 0 Å². The molecule has 3 unspecified atom stereocenters. The SMILES string of the molecule is CCCC(NC(=O)NCC1CC1C)C(=O)O. The average Bonchev–Trinajstić information content (AvgIpc) is 2.91. The lowest BCUT2D eigenvalue weighted by Gasteiger charge is -2.14. The molecule has 16 heavy (non-hydrogen) atoms. The first-order chi connectivity index (χ1) is 7.54. The van der Waals surface area contributed by atoms with E-state index in [9.17, 15) is 9.59 Å². The molecule has 0 bridgehead atoms. The Morgan fingerprint density at radius 3 is 2.56 bits per heavy atom. The van der Waals surface area contributed by atoms with Gasteiger partial charge in [-0.3, -0.25) is 0 Å². The van der Waals surface area contributed by atoms with Crippen molar-refractivity contribution in [3.05, 3.63) is 0 Å². The predicted octanol–water partition coefficient (Wildman–Crippen LogP) is 1.19. The van der Waals surface area contributed by atoms with Gasteiger partial charge in [0.25, 0.3) is 0 Å². The zero-order valence-electron chi connectivity index (χ0n) is 9.82. The highest BCUT2D eigenvalue weighted by Crippen LogP contribution is 2.36. The molecule has 0 aromatic heterocycles. The number of carboxylic acids is 1. The second-order valence-corrected chi connectivity index (χ2v) is 4.51. The number of nitrogens with one attached hydrogen (secondary N) is 2. The van der Waals surface area contributed by atoms with Crippen molar-refractivity contribution >= 4 is 12.0 Å². The Hall–Kier alpha value is -1.26. The van der Waals surface area contributed by atoms with Gasteiger partial charge in [-0.2, -0.15) is 0 Å². The van der Waals surface area contributed by atoms with E-state index >= 15 is 0 Å².